The first kappa shape index (κ1) is 18.0. The van der Waals surface area contributed by atoms with Crippen LogP contribution in [0.4, 0.5) is 11.5 Å². The summed E-state index contributed by atoms with van der Waals surface area (Å²) in [5, 5.41) is 6.85. The molecule has 0 atom stereocenters. The van der Waals surface area contributed by atoms with Crippen LogP contribution in [0.5, 0.6) is 0 Å². The van der Waals surface area contributed by atoms with Gasteiger partial charge in [0.25, 0.3) is 15.9 Å². The minimum absolute atomic E-state index is 0.00111. The molecule has 0 unspecified atom stereocenters. The topological polar surface area (TPSA) is 101 Å². The lowest BCUT2D eigenvalue weighted by Gasteiger charge is -2.07. The zero-order valence-corrected chi connectivity index (χ0v) is 15.1. The Morgan fingerprint density at radius 2 is 1.73 bits per heavy atom. The third-order valence-corrected chi connectivity index (χ3v) is 5.02. The van der Waals surface area contributed by atoms with Crippen molar-refractivity contribution >= 4 is 39.0 Å². The number of anilines is 2. The zero-order valence-electron chi connectivity index (χ0n) is 13.6. The fourth-order valence-electron chi connectivity index (χ4n) is 2.13. The van der Waals surface area contributed by atoms with Gasteiger partial charge >= 0.3 is 0 Å². The van der Waals surface area contributed by atoms with E-state index in [1.165, 1.54) is 30.3 Å². The molecule has 7 nitrogen and oxygen atoms in total. The van der Waals surface area contributed by atoms with Crippen LogP contribution in [0.2, 0.25) is 5.02 Å². The third kappa shape index (κ3) is 4.22. The molecule has 0 saturated carbocycles. The van der Waals surface area contributed by atoms with E-state index in [0.29, 0.717) is 22.0 Å². The summed E-state index contributed by atoms with van der Waals surface area (Å²) in [6.45, 7) is 1.65. The van der Waals surface area contributed by atoms with Crippen LogP contribution in [0.1, 0.15) is 16.1 Å². The summed E-state index contributed by atoms with van der Waals surface area (Å²) < 4.78 is 31.7. The smallest absolute Gasteiger partial charge is 0.263 e. The number of hydrogen-bond acceptors (Lipinski definition) is 5. The molecule has 9 heteroatoms. The molecule has 0 saturated heterocycles. The Morgan fingerprint density at radius 1 is 1.08 bits per heavy atom. The number of benzene rings is 2. The van der Waals surface area contributed by atoms with E-state index in [4.69, 9.17) is 16.1 Å². The van der Waals surface area contributed by atoms with Gasteiger partial charge in [-0.05, 0) is 55.5 Å². The first-order valence-electron chi connectivity index (χ1n) is 7.47. The van der Waals surface area contributed by atoms with E-state index in [9.17, 15) is 13.2 Å². The fourth-order valence-corrected chi connectivity index (χ4v) is 3.24. The second-order valence-electron chi connectivity index (χ2n) is 5.41. The minimum Gasteiger partial charge on any atom is -0.360 e. The van der Waals surface area contributed by atoms with Gasteiger partial charge in [0.1, 0.15) is 5.76 Å². The first-order valence-corrected chi connectivity index (χ1v) is 9.33. The van der Waals surface area contributed by atoms with Gasteiger partial charge in [-0.3, -0.25) is 9.52 Å². The molecule has 0 radical (unpaired) electrons. The molecule has 0 spiro atoms. The van der Waals surface area contributed by atoms with Gasteiger partial charge in [0.15, 0.2) is 5.82 Å². The van der Waals surface area contributed by atoms with Crippen LogP contribution in [0.15, 0.2) is 64.0 Å². The third-order valence-electron chi connectivity index (χ3n) is 3.40. The summed E-state index contributed by atoms with van der Waals surface area (Å²) in [5.74, 6) is 0.209. The number of aromatic nitrogens is 1. The summed E-state index contributed by atoms with van der Waals surface area (Å²) in [6, 6.07) is 13.6. The minimum atomic E-state index is -3.82. The van der Waals surface area contributed by atoms with Gasteiger partial charge in [-0.2, -0.15) is 0 Å². The van der Waals surface area contributed by atoms with Crippen molar-refractivity contribution in [1.82, 2.24) is 5.16 Å². The van der Waals surface area contributed by atoms with Crippen LogP contribution in [0.25, 0.3) is 0 Å². The van der Waals surface area contributed by atoms with E-state index in [-0.39, 0.29) is 16.6 Å². The predicted octanol–water partition coefficient (Wildman–Crippen LogP) is 3.69. The average molecular weight is 392 g/mol. The predicted molar refractivity (Wildman–Crippen MR) is 97.9 cm³/mol. The highest BCUT2D eigenvalue weighted by atomic mass is 35.5. The lowest BCUT2D eigenvalue weighted by atomic mass is 10.2. The SMILES string of the molecule is Cc1cc(NS(=O)(=O)c2ccc(C(=O)Nc3ccc(Cl)cc3)cc2)no1. The second-order valence-corrected chi connectivity index (χ2v) is 7.53. The Balaban J connectivity index is 1.72. The number of carbonyl (C=O) groups excluding carboxylic acids is 1. The highest BCUT2D eigenvalue weighted by molar-refractivity contribution is 7.92. The number of nitrogens with zero attached hydrogens (tertiary/aromatic N) is 1. The number of rotatable bonds is 5. The largest absolute Gasteiger partial charge is 0.360 e. The van der Waals surface area contributed by atoms with Crippen molar-refractivity contribution in [3.8, 4) is 0 Å². The van der Waals surface area contributed by atoms with Crippen molar-refractivity contribution in [3.63, 3.8) is 0 Å². The van der Waals surface area contributed by atoms with Crippen LogP contribution < -0.4 is 10.0 Å². The van der Waals surface area contributed by atoms with E-state index >= 15 is 0 Å². The lowest BCUT2D eigenvalue weighted by molar-refractivity contribution is 0.102. The van der Waals surface area contributed by atoms with E-state index < -0.39 is 10.0 Å². The van der Waals surface area contributed by atoms with Gasteiger partial charge in [0, 0.05) is 22.3 Å². The highest BCUT2D eigenvalue weighted by Crippen LogP contribution is 2.18. The molecule has 3 rings (SSSR count). The van der Waals surface area contributed by atoms with Crippen LogP contribution in [0, 0.1) is 6.92 Å². The zero-order chi connectivity index (χ0) is 18.7. The molecule has 26 heavy (non-hydrogen) atoms. The van der Waals surface area contributed by atoms with Crippen molar-refractivity contribution < 1.29 is 17.7 Å². The lowest BCUT2D eigenvalue weighted by Crippen LogP contribution is -2.15. The van der Waals surface area contributed by atoms with Crippen molar-refractivity contribution in [2.24, 2.45) is 0 Å². The van der Waals surface area contributed by atoms with E-state index in [2.05, 4.69) is 15.2 Å². The van der Waals surface area contributed by atoms with Crippen LogP contribution in [-0.4, -0.2) is 19.5 Å². The summed E-state index contributed by atoms with van der Waals surface area (Å²) >= 11 is 5.80. The maximum absolute atomic E-state index is 12.3. The highest BCUT2D eigenvalue weighted by Gasteiger charge is 2.17. The molecule has 2 N–H and O–H groups in total. The van der Waals surface area contributed by atoms with Gasteiger partial charge < -0.3 is 9.84 Å². The molecule has 3 aromatic rings. The van der Waals surface area contributed by atoms with E-state index in [1.54, 1.807) is 31.2 Å². The number of amides is 1. The van der Waals surface area contributed by atoms with Gasteiger partial charge in [-0.25, -0.2) is 8.42 Å². The standard InChI is InChI=1S/C17H14ClN3O4S/c1-11-10-16(20-25-11)21-26(23,24)15-8-2-12(3-9-15)17(22)19-14-6-4-13(18)5-7-14/h2-10H,1H3,(H,19,22)(H,20,21). The molecule has 0 aliphatic rings. The quantitative estimate of drug-likeness (QED) is 0.690. The molecule has 1 heterocycles. The molecule has 0 aliphatic heterocycles. The number of aryl methyl sites for hydroxylation is 1. The molecular formula is C17H14ClN3O4S. The molecule has 0 aliphatic carbocycles. The van der Waals surface area contributed by atoms with Crippen LogP contribution in [-0.2, 0) is 10.0 Å². The van der Waals surface area contributed by atoms with E-state index in [1.807, 2.05) is 0 Å². The number of nitrogens with one attached hydrogen (secondary N) is 2. The number of halogens is 1. The van der Waals surface area contributed by atoms with Crippen LogP contribution >= 0.6 is 11.6 Å². The summed E-state index contributed by atoms with van der Waals surface area (Å²) in [6.07, 6.45) is 0. The first-order chi connectivity index (χ1) is 12.3. The maximum Gasteiger partial charge on any atom is 0.263 e. The van der Waals surface area contributed by atoms with Crippen molar-refractivity contribution in [2.45, 2.75) is 11.8 Å². The fraction of sp³-hybridized carbons (Fsp3) is 0.0588. The average Bonchev–Trinajstić information content (AvgIpc) is 3.01. The van der Waals surface area contributed by atoms with Gasteiger partial charge in [0.2, 0.25) is 0 Å². The second kappa shape index (κ2) is 7.19. The Bertz CT molecular complexity index is 1030. The van der Waals surface area contributed by atoms with Crippen molar-refractivity contribution in [2.75, 3.05) is 10.0 Å². The summed E-state index contributed by atoms with van der Waals surface area (Å²) in [5.41, 5.74) is 0.898. The number of sulfonamides is 1. The summed E-state index contributed by atoms with van der Waals surface area (Å²) in [7, 11) is -3.82. The van der Waals surface area contributed by atoms with Gasteiger partial charge in [-0.15, -0.1) is 0 Å². The van der Waals surface area contributed by atoms with Gasteiger partial charge in [0.05, 0.1) is 4.90 Å². The molecule has 2 aromatic carbocycles. The number of hydrogen-bond donors (Lipinski definition) is 2. The van der Waals surface area contributed by atoms with Crippen molar-refractivity contribution in [3.05, 3.63) is 70.9 Å². The molecule has 0 fully saturated rings. The Hall–Kier alpha value is -2.84. The Morgan fingerprint density at radius 3 is 2.31 bits per heavy atom. The van der Waals surface area contributed by atoms with E-state index in [0.717, 1.165) is 0 Å². The molecule has 134 valence electrons. The molecule has 1 amide bonds. The Kier molecular flexibility index (Phi) is 4.97. The number of carbonyl (C=O) groups is 1. The van der Waals surface area contributed by atoms with Crippen LogP contribution in [0.3, 0.4) is 0 Å². The van der Waals surface area contributed by atoms with Crippen molar-refractivity contribution in [1.29, 1.82) is 0 Å². The molecular weight excluding hydrogens is 378 g/mol. The monoisotopic (exact) mass is 391 g/mol. The summed E-state index contributed by atoms with van der Waals surface area (Å²) in [4.78, 5) is 12.2. The normalized spacial score (nSPS) is 11.2. The Labute approximate surface area is 155 Å². The van der Waals surface area contributed by atoms with Gasteiger partial charge in [-0.1, -0.05) is 16.8 Å². The molecule has 1 aromatic heterocycles. The molecule has 0 bridgehead atoms. The maximum atomic E-state index is 12.3.